The van der Waals surface area contributed by atoms with Crippen molar-refractivity contribution in [3.8, 4) is 0 Å². The Hall–Kier alpha value is -1.76. The Kier molecular flexibility index (Phi) is 8.37. The topological polar surface area (TPSA) is 126 Å². The van der Waals surface area contributed by atoms with Crippen LogP contribution in [-0.2, 0) is 25.6 Å². The average molecular weight is 470 g/mol. The lowest BCUT2D eigenvalue weighted by Crippen LogP contribution is -2.34. The maximum atomic E-state index is 13.6. The molecule has 3 rings (SSSR count). The molecule has 3 atom stereocenters. The van der Waals surface area contributed by atoms with Gasteiger partial charge in [0, 0.05) is 11.3 Å². The van der Waals surface area contributed by atoms with Crippen LogP contribution in [0, 0.1) is 5.82 Å². The first-order chi connectivity index (χ1) is 13.4. The van der Waals surface area contributed by atoms with Crippen LogP contribution in [0.5, 0.6) is 0 Å². The number of halogens is 3. The van der Waals surface area contributed by atoms with Crippen LogP contribution < -0.4 is 17.0 Å². The van der Waals surface area contributed by atoms with Gasteiger partial charge in [0.25, 0.3) is 5.56 Å². The molecule has 0 spiro atoms. The molecule has 1 aliphatic heterocycles. The average Bonchev–Trinajstić information content (AvgIpc) is 3.26. The van der Waals surface area contributed by atoms with Gasteiger partial charge in [0.05, 0.1) is 29.8 Å². The van der Waals surface area contributed by atoms with E-state index in [1.54, 1.807) is 6.07 Å². The van der Waals surface area contributed by atoms with Crippen molar-refractivity contribution in [3.63, 3.8) is 0 Å². The number of ether oxygens (including phenoxy) is 3. The second kappa shape index (κ2) is 10.3. The number of carbonyl (C=O) groups excluding carboxylic acids is 1. The lowest BCUT2D eigenvalue weighted by atomic mass is 10.2. The first-order valence-corrected chi connectivity index (χ1v) is 9.44. The van der Waals surface area contributed by atoms with Gasteiger partial charge < -0.3 is 19.9 Å². The van der Waals surface area contributed by atoms with E-state index >= 15 is 0 Å². The number of aromatic nitrogens is 2. The Balaban J connectivity index is 0.00000300. The van der Waals surface area contributed by atoms with Gasteiger partial charge in [0.1, 0.15) is 18.9 Å². The molecule has 160 valence electrons. The molecule has 0 bridgehead atoms. The van der Waals surface area contributed by atoms with Crippen LogP contribution in [0.3, 0.4) is 0 Å². The van der Waals surface area contributed by atoms with Crippen molar-refractivity contribution >= 4 is 41.3 Å². The third-order valence-electron chi connectivity index (χ3n) is 4.06. The fraction of sp³-hybridized carbons (Fsp3) is 0.438. The van der Waals surface area contributed by atoms with Crippen molar-refractivity contribution in [2.75, 3.05) is 13.2 Å². The van der Waals surface area contributed by atoms with E-state index in [2.05, 4.69) is 0 Å². The number of thiophene rings is 1. The van der Waals surface area contributed by atoms with Crippen molar-refractivity contribution in [2.45, 2.75) is 31.5 Å². The summed E-state index contributed by atoms with van der Waals surface area (Å²) in [4.78, 5) is 37.3. The zero-order valence-electron chi connectivity index (χ0n) is 14.8. The van der Waals surface area contributed by atoms with Crippen molar-refractivity contribution in [2.24, 2.45) is 5.73 Å². The Morgan fingerprint density at radius 3 is 2.86 bits per heavy atom. The summed E-state index contributed by atoms with van der Waals surface area (Å²) >= 11 is 7.25. The summed E-state index contributed by atoms with van der Waals surface area (Å²) < 4.78 is 31.7. The molecule has 2 aromatic heterocycles. The predicted molar refractivity (Wildman–Crippen MR) is 105 cm³/mol. The number of nitrogens with zero attached hydrogens (tertiary/aromatic N) is 1. The molecule has 0 aromatic carbocycles. The molecule has 9 nitrogen and oxygen atoms in total. The quantitative estimate of drug-likeness (QED) is 0.583. The smallest absolute Gasteiger partial charge is 0.330 e. The molecule has 3 N–H and O–H groups in total. The van der Waals surface area contributed by atoms with Crippen LogP contribution in [0.1, 0.15) is 17.5 Å². The second-order valence-corrected chi connectivity index (χ2v) is 7.75. The van der Waals surface area contributed by atoms with Gasteiger partial charge in [-0.1, -0.05) is 11.6 Å². The number of nitrogens with one attached hydrogen (secondary N) is 1. The van der Waals surface area contributed by atoms with E-state index < -0.39 is 41.5 Å². The SMILES string of the molecule is Cl.NCC(=O)OC[C@H]1O[C@@H](n2cc(F)c(=O)[nH]c2=O)C[C@@H]1OCc1ccc(Cl)s1. The molecular weight excluding hydrogens is 452 g/mol. The standard InChI is InChI=1S/C16H17ClFN3O6S.ClH/c17-12-2-1-8(28-12)6-25-10-3-13(27-11(10)7-26-14(22)4-19)21-5-9(18)15(23)20-16(21)24;/h1-2,5,10-11,13H,3-4,6-7,19H2,(H,20,23,24);1H/t10-,11+,13+;/m0./s1. The van der Waals surface area contributed by atoms with Gasteiger partial charge >= 0.3 is 11.7 Å². The fourth-order valence-corrected chi connectivity index (χ4v) is 3.73. The van der Waals surface area contributed by atoms with Gasteiger partial charge in [-0.25, -0.2) is 4.79 Å². The highest BCUT2D eigenvalue weighted by molar-refractivity contribution is 7.16. The van der Waals surface area contributed by atoms with Crippen LogP contribution in [0.2, 0.25) is 4.34 Å². The molecule has 2 aromatic rings. The zero-order valence-corrected chi connectivity index (χ0v) is 17.2. The first-order valence-electron chi connectivity index (χ1n) is 8.25. The summed E-state index contributed by atoms with van der Waals surface area (Å²) in [6.07, 6.45) is -1.22. The van der Waals surface area contributed by atoms with Crippen LogP contribution in [0.25, 0.3) is 0 Å². The maximum absolute atomic E-state index is 13.6. The van der Waals surface area contributed by atoms with Crippen molar-refractivity contribution in [1.29, 1.82) is 0 Å². The highest BCUT2D eigenvalue weighted by Gasteiger charge is 2.38. The Bertz CT molecular complexity index is 965. The molecule has 0 radical (unpaired) electrons. The van der Waals surface area contributed by atoms with Crippen LogP contribution >= 0.6 is 35.3 Å². The maximum Gasteiger partial charge on any atom is 0.330 e. The van der Waals surface area contributed by atoms with Crippen LogP contribution in [-0.4, -0.2) is 40.9 Å². The van der Waals surface area contributed by atoms with E-state index in [0.29, 0.717) is 4.34 Å². The minimum atomic E-state index is -1.12. The Morgan fingerprint density at radius 1 is 1.45 bits per heavy atom. The molecule has 1 fully saturated rings. The van der Waals surface area contributed by atoms with Crippen molar-refractivity contribution in [3.05, 3.63) is 54.2 Å². The highest BCUT2D eigenvalue weighted by Crippen LogP contribution is 2.31. The normalized spacial score (nSPS) is 21.0. The van der Waals surface area contributed by atoms with E-state index in [-0.39, 0.29) is 38.6 Å². The van der Waals surface area contributed by atoms with Crippen LogP contribution in [0.4, 0.5) is 4.39 Å². The van der Waals surface area contributed by atoms with E-state index in [9.17, 15) is 18.8 Å². The molecule has 0 unspecified atom stereocenters. The summed E-state index contributed by atoms with van der Waals surface area (Å²) in [6.45, 7) is -0.211. The zero-order chi connectivity index (χ0) is 20.3. The molecule has 0 amide bonds. The number of H-pyrrole nitrogens is 1. The summed E-state index contributed by atoms with van der Waals surface area (Å²) in [7, 11) is 0. The minimum Gasteiger partial charge on any atom is -0.462 e. The van der Waals surface area contributed by atoms with Crippen LogP contribution in [0.15, 0.2) is 27.9 Å². The van der Waals surface area contributed by atoms with Gasteiger partial charge in [0.2, 0.25) is 5.82 Å². The molecule has 0 saturated carbocycles. The lowest BCUT2D eigenvalue weighted by Gasteiger charge is -2.18. The predicted octanol–water partition coefficient (Wildman–Crippen LogP) is 1.19. The summed E-state index contributed by atoms with van der Waals surface area (Å²) in [5.74, 6) is -1.74. The Labute approximate surface area is 178 Å². The first kappa shape index (κ1) is 23.5. The molecule has 3 heterocycles. The fourth-order valence-electron chi connectivity index (χ4n) is 2.72. The monoisotopic (exact) mass is 469 g/mol. The van der Waals surface area contributed by atoms with E-state index in [1.165, 1.54) is 11.3 Å². The summed E-state index contributed by atoms with van der Waals surface area (Å²) in [6, 6.07) is 3.55. The van der Waals surface area contributed by atoms with Gasteiger partial charge in [-0.15, -0.1) is 23.7 Å². The number of nitrogens with two attached hydrogens (primary N) is 1. The highest BCUT2D eigenvalue weighted by atomic mass is 35.5. The number of rotatable bonds is 7. The molecule has 1 saturated heterocycles. The van der Waals surface area contributed by atoms with E-state index in [4.69, 9.17) is 31.5 Å². The number of aromatic amines is 1. The molecule has 1 aliphatic rings. The van der Waals surface area contributed by atoms with Gasteiger partial charge in [-0.3, -0.25) is 19.1 Å². The number of carbonyl (C=O) groups is 1. The number of esters is 1. The van der Waals surface area contributed by atoms with Crippen molar-refractivity contribution in [1.82, 2.24) is 9.55 Å². The van der Waals surface area contributed by atoms with Gasteiger partial charge in [-0.2, -0.15) is 4.39 Å². The number of hydrogen-bond acceptors (Lipinski definition) is 8. The van der Waals surface area contributed by atoms with Gasteiger partial charge in [-0.05, 0) is 12.1 Å². The van der Waals surface area contributed by atoms with E-state index in [0.717, 1.165) is 15.6 Å². The largest absolute Gasteiger partial charge is 0.462 e. The van der Waals surface area contributed by atoms with Crippen molar-refractivity contribution < 1.29 is 23.4 Å². The third-order valence-corrected chi connectivity index (χ3v) is 5.26. The number of hydrogen-bond donors (Lipinski definition) is 2. The molecule has 29 heavy (non-hydrogen) atoms. The summed E-state index contributed by atoms with van der Waals surface area (Å²) in [5, 5.41) is 0. The molecule has 13 heteroatoms. The third kappa shape index (κ3) is 5.87. The van der Waals surface area contributed by atoms with E-state index in [1.807, 2.05) is 11.1 Å². The molecule has 0 aliphatic carbocycles. The second-order valence-electron chi connectivity index (χ2n) is 5.95. The lowest BCUT2D eigenvalue weighted by molar-refractivity contribution is -0.149. The Morgan fingerprint density at radius 2 is 2.21 bits per heavy atom. The molecular formula is C16H18Cl2FN3O6S. The van der Waals surface area contributed by atoms with Gasteiger partial charge in [0.15, 0.2) is 0 Å². The minimum absolute atomic E-state index is 0. The summed E-state index contributed by atoms with van der Waals surface area (Å²) in [5.41, 5.74) is 3.28.